The SMILES string of the molecule is NNc1cc([N+](=O)[O-])cc(NC(CO)c2ccccc2)n1. The second kappa shape index (κ2) is 6.64. The third-order valence-corrected chi connectivity index (χ3v) is 2.88. The molecule has 0 bridgehead atoms. The maximum absolute atomic E-state index is 10.9. The van der Waals surface area contributed by atoms with Crippen molar-refractivity contribution in [2.45, 2.75) is 6.04 Å². The number of aliphatic hydroxyl groups excluding tert-OH is 1. The summed E-state index contributed by atoms with van der Waals surface area (Å²) in [5.74, 6) is 5.66. The lowest BCUT2D eigenvalue weighted by Gasteiger charge is -2.17. The van der Waals surface area contributed by atoms with Crippen LogP contribution in [0.1, 0.15) is 11.6 Å². The molecule has 0 saturated carbocycles. The second-order valence-corrected chi connectivity index (χ2v) is 4.29. The van der Waals surface area contributed by atoms with Gasteiger partial charge in [0.2, 0.25) is 0 Å². The van der Waals surface area contributed by atoms with Gasteiger partial charge in [-0.2, -0.15) is 0 Å². The first-order valence-corrected chi connectivity index (χ1v) is 6.19. The number of aliphatic hydroxyl groups is 1. The summed E-state index contributed by atoms with van der Waals surface area (Å²) in [6, 6.07) is 11.3. The average molecular weight is 289 g/mol. The fourth-order valence-electron chi connectivity index (χ4n) is 1.87. The van der Waals surface area contributed by atoms with E-state index in [1.54, 1.807) is 0 Å². The molecule has 110 valence electrons. The lowest BCUT2D eigenvalue weighted by atomic mass is 10.1. The van der Waals surface area contributed by atoms with Crippen molar-refractivity contribution in [3.05, 3.63) is 58.1 Å². The van der Waals surface area contributed by atoms with Crippen LogP contribution in [-0.2, 0) is 0 Å². The Morgan fingerprint density at radius 3 is 2.52 bits per heavy atom. The first-order valence-electron chi connectivity index (χ1n) is 6.19. The van der Waals surface area contributed by atoms with Crippen molar-refractivity contribution >= 4 is 17.3 Å². The maximum Gasteiger partial charge on any atom is 0.276 e. The van der Waals surface area contributed by atoms with E-state index in [1.807, 2.05) is 30.3 Å². The van der Waals surface area contributed by atoms with E-state index >= 15 is 0 Å². The lowest BCUT2D eigenvalue weighted by Crippen LogP contribution is -2.17. The molecule has 0 amide bonds. The smallest absolute Gasteiger partial charge is 0.276 e. The Morgan fingerprint density at radius 1 is 1.29 bits per heavy atom. The Morgan fingerprint density at radius 2 is 1.95 bits per heavy atom. The zero-order valence-corrected chi connectivity index (χ0v) is 11.1. The molecule has 0 fully saturated rings. The van der Waals surface area contributed by atoms with Gasteiger partial charge in [-0.1, -0.05) is 30.3 Å². The van der Waals surface area contributed by atoms with Crippen molar-refractivity contribution in [3.63, 3.8) is 0 Å². The van der Waals surface area contributed by atoms with Crippen LogP contribution in [0.3, 0.4) is 0 Å². The van der Waals surface area contributed by atoms with E-state index in [-0.39, 0.29) is 23.9 Å². The highest BCUT2D eigenvalue weighted by molar-refractivity contribution is 5.55. The van der Waals surface area contributed by atoms with Crippen molar-refractivity contribution in [3.8, 4) is 0 Å². The van der Waals surface area contributed by atoms with E-state index in [2.05, 4.69) is 15.7 Å². The molecule has 1 aromatic heterocycles. The second-order valence-electron chi connectivity index (χ2n) is 4.29. The molecule has 0 aliphatic rings. The number of hydrogen-bond donors (Lipinski definition) is 4. The number of benzene rings is 1. The molecule has 21 heavy (non-hydrogen) atoms. The van der Waals surface area contributed by atoms with Gasteiger partial charge >= 0.3 is 0 Å². The molecule has 5 N–H and O–H groups in total. The highest BCUT2D eigenvalue weighted by atomic mass is 16.6. The summed E-state index contributed by atoms with van der Waals surface area (Å²) >= 11 is 0. The van der Waals surface area contributed by atoms with Crippen LogP contribution in [0.25, 0.3) is 0 Å². The number of nitro groups is 1. The van der Waals surface area contributed by atoms with E-state index in [0.29, 0.717) is 0 Å². The molecule has 1 atom stereocenters. The van der Waals surface area contributed by atoms with Gasteiger partial charge in [-0.15, -0.1) is 0 Å². The van der Waals surface area contributed by atoms with Gasteiger partial charge in [0.1, 0.15) is 11.6 Å². The van der Waals surface area contributed by atoms with Gasteiger partial charge in [-0.3, -0.25) is 10.1 Å². The number of nitrogens with one attached hydrogen (secondary N) is 2. The third kappa shape index (κ3) is 3.65. The lowest BCUT2D eigenvalue weighted by molar-refractivity contribution is -0.384. The summed E-state index contributed by atoms with van der Waals surface area (Å²) in [5.41, 5.74) is 2.97. The van der Waals surface area contributed by atoms with E-state index < -0.39 is 11.0 Å². The van der Waals surface area contributed by atoms with E-state index in [0.717, 1.165) is 5.56 Å². The predicted molar refractivity (Wildman–Crippen MR) is 78.6 cm³/mol. The van der Waals surface area contributed by atoms with Crippen LogP contribution in [0.4, 0.5) is 17.3 Å². The number of anilines is 2. The summed E-state index contributed by atoms with van der Waals surface area (Å²) in [5, 5.41) is 23.3. The molecule has 0 radical (unpaired) electrons. The van der Waals surface area contributed by atoms with Gasteiger partial charge in [-0.05, 0) is 5.56 Å². The van der Waals surface area contributed by atoms with Crippen molar-refractivity contribution in [1.82, 2.24) is 4.98 Å². The number of nitrogen functional groups attached to an aromatic ring is 1. The standard InChI is InChI=1S/C13H15N5O3/c14-17-13-7-10(18(20)21)6-12(16-13)15-11(8-19)9-4-2-1-3-5-9/h1-7,11,19H,8,14H2,(H2,15,16,17). The highest BCUT2D eigenvalue weighted by Gasteiger charge is 2.15. The summed E-state index contributed by atoms with van der Waals surface area (Å²) in [6.07, 6.45) is 0. The number of rotatable bonds is 6. The van der Waals surface area contributed by atoms with E-state index in [1.165, 1.54) is 12.1 Å². The highest BCUT2D eigenvalue weighted by Crippen LogP contribution is 2.23. The fraction of sp³-hybridized carbons (Fsp3) is 0.154. The first-order chi connectivity index (χ1) is 10.1. The van der Waals surface area contributed by atoms with Gasteiger partial charge in [0.05, 0.1) is 29.7 Å². The third-order valence-electron chi connectivity index (χ3n) is 2.88. The van der Waals surface area contributed by atoms with Crippen LogP contribution >= 0.6 is 0 Å². The van der Waals surface area contributed by atoms with E-state index in [4.69, 9.17) is 5.84 Å². The Labute approximate surface area is 120 Å². The minimum atomic E-state index is -0.538. The predicted octanol–water partition coefficient (Wildman–Crippen LogP) is 1.42. The molecule has 2 rings (SSSR count). The molecular formula is C13H15N5O3. The van der Waals surface area contributed by atoms with Crippen LogP contribution in [0.5, 0.6) is 0 Å². The zero-order valence-electron chi connectivity index (χ0n) is 11.1. The van der Waals surface area contributed by atoms with Crippen molar-refractivity contribution in [2.24, 2.45) is 5.84 Å². The Hall–Kier alpha value is -2.71. The normalized spacial score (nSPS) is 11.7. The van der Waals surface area contributed by atoms with Gasteiger partial charge in [0.15, 0.2) is 0 Å². The Kier molecular flexibility index (Phi) is 4.64. The molecule has 0 aliphatic heterocycles. The molecule has 1 aromatic carbocycles. The number of aromatic nitrogens is 1. The summed E-state index contributed by atoms with van der Waals surface area (Å²) < 4.78 is 0. The molecule has 1 heterocycles. The van der Waals surface area contributed by atoms with Crippen molar-refractivity contribution in [2.75, 3.05) is 17.3 Å². The number of nitrogens with two attached hydrogens (primary N) is 1. The van der Waals surface area contributed by atoms with Crippen LogP contribution in [0.15, 0.2) is 42.5 Å². The van der Waals surface area contributed by atoms with Crippen LogP contribution in [0.2, 0.25) is 0 Å². The van der Waals surface area contributed by atoms with Gasteiger partial charge in [0.25, 0.3) is 5.69 Å². The van der Waals surface area contributed by atoms with Gasteiger partial charge < -0.3 is 15.8 Å². The molecule has 8 heteroatoms. The number of nitrogens with zero attached hydrogens (tertiary/aromatic N) is 2. The fourth-order valence-corrected chi connectivity index (χ4v) is 1.87. The Bertz CT molecular complexity index is 620. The number of hydrazine groups is 1. The molecule has 0 saturated heterocycles. The molecule has 0 aliphatic carbocycles. The quantitative estimate of drug-likeness (QED) is 0.360. The topological polar surface area (TPSA) is 126 Å². The summed E-state index contributed by atoms with van der Waals surface area (Å²) in [7, 11) is 0. The number of pyridine rings is 1. The van der Waals surface area contributed by atoms with Crippen LogP contribution < -0.4 is 16.6 Å². The molecule has 8 nitrogen and oxygen atoms in total. The molecular weight excluding hydrogens is 274 g/mol. The van der Waals surface area contributed by atoms with Crippen LogP contribution in [-0.4, -0.2) is 21.6 Å². The average Bonchev–Trinajstić information content (AvgIpc) is 2.53. The van der Waals surface area contributed by atoms with Crippen molar-refractivity contribution in [1.29, 1.82) is 0 Å². The number of hydrogen-bond acceptors (Lipinski definition) is 7. The maximum atomic E-state index is 10.9. The summed E-state index contributed by atoms with van der Waals surface area (Å²) in [4.78, 5) is 14.4. The monoisotopic (exact) mass is 289 g/mol. The Balaban J connectivity index is 2.29. The first kappa shape index (κ1) is 14.7. The summed E-state index contributed by atoms with van der Waals surface area (Å²) in [6.45, 7) is -0.181. The van der Waals surface area contributed by atoms with E-state index in [9.17, 15) is 15.2 Å². The largest absolute Gasteiger partial charge is 0.394 e. The molecule has 1 unspecified atom stereocenters. The van der Waals surface area contributed by atoms with Gasteiger partial charge in [0, 0.05) is 0 Å². The minimum absolute atomic E-state index is 0.148. The molecule has 2 aromatic rings. The van der Waals surface area contributed by atoms with Crippen molar-refractivity contribution < 1.29 is 10.0 Å². The zero-order chi connectivity index (χ0) is 15.2. The van der Waals surface area contributed by atoms with Gasteiger partial charge in [-0.25, -0.2) is 10.8 Å². The minimum Gasteiger partial charge on any atom is -0.394 e. The van der Waals surface area contributed by atoms with Crippen LogP contribution in [0, 0.1) is 10.1 Å². The molecule has 0 spiro atoms.